The molecule has 0 aliphatic carbocycles. The van der Waals surface area contributed by atoms with Crippen LogP contribution in [0.1, 0.15) is 10.4 Å². The van der Waals surface area contributed by atoms with Crippen molar-refractivity contribution in [3.63, 3.8) is 0 Å². The fourth-order valence-electron chi connectivity index (χ4n) is 0.793. The van der Waals surface area contributed by atoms with Gasteiger partial charge in [-0.3, -0.25) is 0 Å². The molecule has 0 radical (unpaired) electrons. The standard InChI is InChI=1S/C8H7FO2S/c1-12-7-4-5(8(10)11)2-3-6(7)9/h2-4H,1H3,(H,10,11). The Balaban J connectivity index is 3.13. The number of aromatic carboxylic acids is 1. The minimum Gasteiger partial charge on any atom is -0.478 e. The Bertz CT molecular complexity index is 312. The fraction of sp³-hybridized carbons (Fsp3) is 0.125. The van der Waals surface area contributed by atoms with E-state index in [9.17, 15) is 9.18 Å². The van der Waals surface area contributed by atoms with Crippen LogP contribution >= 0.6 is 11.8 Å². The summed E-state index contributed by atoms with van der Waals surface area (Å²) in [7, 11) is 0. The topological polar surface area (TPSA) is 37.3 Å². The molecular weight excluding hydrogens is 179 g/mol. The van der Waals surface area contributed by atoms with E-state index in [0.29, 0.717) is 4.90 Å². The number of hydrogen-bond donors (Lipinski definition) is 1. The van der Waals surface area contributed by atoms with Crippen LogP contribution in [0.4, 0.5) is 4.39 Å². The monoisotopic (exact) mass is 186 g/mol. The van der Waals surface area contributed by atoms with Gasteiger partial charge in [0, 0.05) is 4.90 Å². The van der Waals surface area contributed by atoms with Gasteiger partial charge in [-0.1, -0.05) is 0 Å². The Morgan fingerprint density at radius 1 is 1.58 bits per heavy atom. The van der Waals surface area contributed by atoms with Crippen molar-refractivity contribution in [3.05, 3.63) is 29.6 Å². The van der Waals surface area contributed by atoms with Crippen LogP contribution in [0.3, 0.4) is 0 Å². The van der Waals surface area contributed by atoms with Crippen molar-refractivity contribution in [3.8, 4) is 0 Å². The van der Waals surface area contributed by atoms with Crippen LogP contribution in [0.25, 0.3) is 0 Å². The van der Waals surface area contributed by atoms with E-state index in [0.717, 1.165) is 6.07 Å². The first-order chi connectivity index (χ1) is 5.65. The van der Waals surface area contributed by atoms with E-state index >= 15 is 0 Å². The van der Waals surface area contributed by atoms with Gasteiger partial charge in [-0.15, -0.1) is 11.8 Å². The normalized spacial score (nSPS) is 9.83. The van der Waals surface area contributed by atoms with E-state index in [1.807, 2.05) is 0 Å². The maximum atomic E-state index is 12.8. The van der Waals surface area contributed by atoms with Gasteiger partial charge in [0.05, 0.1) is 5.56 Å². The smallest absolute Gasteiger partial charge is 0.335 e. The Morgan fingerprint density at radius 2 is 2.25 bits per heavy atom. The highest BCUT2D eigenvalue weighted by molar-refractivity contribution is 7.98. The molecule has 0 saturated carbocycles. The molecule has 0 saturated heterocycles. The van der Waals surface area contributed by atoms with E-state index in [2.05, 4.69) is 0 Å². The molecule has 1 aromatic rings. The lowest BCUT2D eigenvalue weighted by atomic mass is 10.2. The summed E-state index contributed by atoms with van der Waals surface area (Å²) in [5.74, 6) is -1.42. The van der Waals surface area contributed by atoms with E-state index in [-0.39, 0.29) is 11.4 Å². The van der Waals surface area contributed by atoms with Gasteiger partial charge in [-0.25, -0.2) is 9.18 Å². The molecule has 2 nitrogen and oxygen atoms in total. The number of hydrogen-bond acceptors (Lipinski definition) is 2. The predicted molar refractivity (Wildman–Crippen MR) is 45.1 cm³/mol. The Hall–Kier alpha value is -1.03. The zero-order valence-corrected chi connectivity index (χ0v) is 7.19. The molecule has 0 amide bonds. The third-order valence-corrected chi connectivity index (χ3v) is 2.15. The van der Waals surface area contributed by atoms with Gasteiger partial charge >= 0.3 is 5.97 Å². The molecule has 0 aliphatic rings. The Morgan fingerprint density at radius 3 is 2.75 bits per heavy atom. The summed E-state index contributed by atoms with van der Waals surface area (Å²) in [6, 6.07) is 3.73. The molecule has 1 N–H and O–H groups in total. The van der Waals surface area contributed by atoms with Crippen LogP contribution in [-0.4, -0.2) is 17.3 Å². The van der Waals surface area contributed by atoms with E-state index in [1.165, 1.54) is 23.9 Å². The maximum Gasteiger partial charge on any atom is 0.335 e. The summed E-state index contributed by atoms with van der Waals surface area (Å²) in [4.78, 5) is 10.8. The number of thioether (sulfide) groups is 1. The van der Waals surface area contributed by atoms with E-state index < -0.39 is 5.97 Å². The average Bonchev–Trinajstić information content (AvgIpc) is 2.05. The molecule has 1 aromatic carbocycles. The van der Waals surface area contributed by atoms with Crippen molar-refractivity contribution in [1.82, 2.24) is 0 Å². The summed E-state index contributed by atoms with van der Waals surface area (Å²) in [6.45, 7) is 0. The highest BCUT2D eigenvalue weighted by Crippen LogP contribution is 2.20. The van der Waals surface area contributed by atoms with Gasteiger partial charge in [0.2, 0.25) is 0 Å². The van der Waals surface area contributed by atoms with Crippen molar-refractivity contribution in [2.75, 3.05) is 6.26 Å². The Labute approximate surface area is 73.4 Å². The highest BCUT2D eigenvalue weighted by atomic mass is 32.2. The molecule has 12 heavy (non-hydrogen) atoms. The molecule has 0 atom stereocenters. The minimum atomic E-state index is -1.04. The molecule has 0 aromatic heterocycles. The molecule has 0 fully saturated rings. The summed E-state index contributed by atoms with van der Waals surface area (Å²) in [5, 5.41) is 8.56. The zero-order chi connectivity index (χ0) is 9.14. The van der Waals surface area contributed by atoms with Gasteiger partial charge < -0.3 is 5.11 Å². The molecule has 0 spiro atoms. The van der Waals surface area contributed by atoms with Crippen molar-refractivity contribution < 1.29 is 14.3 Å². The second-order valence-corrected chi connectivity index (χ2v) is 3.00. The molecule has 4 heteroatoms. The zero-order valence-electron chi connectivity index (χ0n) is 6.37. The van der Waals surface area contributed by atoms with Crippen molar-refractivity contribution >= 4 is 17.7 Å². The molecule has 0 heterocycles. The summed E-state index contributed by atoms with van der Waals surface area (Å²) in [5.41, 5.74) is 0.112. The molecule has 0 unspecified atom stereocenters. The number of rotatable bonds is 2. The second kappa shape index (κ2) is 3.58. The largest absolute Gasteiger partial charge is 0.478 e. The van der Waals surface area contributed by atoms with Gasteiger partial charge in [-0.2, -0.15) is 0 Å². The SMILES string of the molecule is CSc1cc(C(=O)O)ccc1F. The van der Waals surface area contributed by atoms with Gasteiger partial charge in [0.1, 0.15) is 5.82 Å². The second-order valence-electron chi connectivity index (χ2n) is 2.15. The lowest BCUT2D eigenvalue weighted by molar-refractivity contribution is 0.0696. The van der Waals surface area contributed by atoms with Crippen LogP contribution in [-0.2, 0) is 0 Å². The lowest BCUT2D eigenvalue weighted by Crippen LogP contribution is -1.96. The van der Waals surface area contributed by atoms with Crippen LogP contribution < -0.4 is 0 Å². The van der Waals surface area contributed by atoms with Crippen LogP contribution in [0.15, 0.2) is 23.1 Å². The molecule has 0 aliphatic heterocycles. The number of carboxylic acids is 1. The summed E-state index contributed by atoms with van der Waals surface area (Å²) >= 11 is 1.19. The minimum absolute atomic E-state index is 0.112. The maximum absolute atomic E-state index is 12.8. The van der Waals surface area contributed by atoms with E-state index in [1.54, 1.807) is 6.26 Å². The van der Waals surface area contributed by atoms with Crippen LogP contribution in [0.2, 0.25) is 0 Å². The summed E-state index contributed by atoms with van der Waals surface area (Å²) < 4.78 is 12.8. The van der Waals surface area contributed by atoms with Gasteiger partial charge in [-0.05, 0) is 24.5 Å². The van der Waals surface area contributed by atoms with Crippen LogP contribution in [0.5, 0.6) is 0 Å². The fourth-order valence-corrected chi connectivity index (χ4v) is 1.30. The lowest BCUT2D eigenvalue weighted by Gasteiger charge is -1.99. The van der Waals surface area contributed by atoms with Gasteiger partial charge in [0.25, 0.3) is 0 Å². The Kier molecular flexibility index (Phi) is 2.70. The third-order valence-electron chi connectivity index (χ3n) is 1.40. The predicted octanol–water partition coefficient (Wildman–Crippen LogP) is 2.25. The number of halogens is 1. The quantitative estimate of drug-likeness (QED) is 0.720. The van der Waals surface area contributed by atoms with Crippen molar-refractivity contribution in [2.24, 2.45) is 0 Å². The molecule has 1 rings (SSSR count). The van der Waals surface area contributed by atoms with Gasteiger partial charge in [0.15, 0.2) is 0 Å². The van der Waals surface area contributed by atoms with Crippen LogP contribution in [0, 0.1) is 5.82 Å². The number of carboxylic acid groups (broad SMARTS) is 1. The summed E-state index contributed by atoms with van der Waals surface area (Å²) in [6.07, 6.45) is 1.70. The van der Waals surface area contributed by atoms with E-state index in [4.69, 9.17) is 5.11 Å². The highest BCUT2D eigenvalue weighted by Gasteiger charge is 2.06. The number of benzene rings is 1. The molecule has 64 valence electrons. The first-order valence-electron chi connectivity index (χ1n) is 3.22. The van der Waals surface area contributed by atoms with Crippen molar-refractivity contribution in [2.45, 2.75) is 4.90 Å². The molecular formula is C8H7FO2S. The van der Waals surface area contributed by atoms with Crippen molar-refractivity contribution in [1.29, 1.82) is 0 Å². The number of carbonyl (C=O) groups is 1. The molecule has 0 bridgehead atoms. The third kappa shape index (κ3) is 1.76. The average molecular weight is 186 g/mol. The first-order valence-corrected chi connectivity index (χ1v) is 4.44. The first kappa shape index (κ1) is 9.06.